The van der Waals surface area contributed by atoms with E-state index in [1.54, 1.807) is 0 Å². The molecule has 3 heterocycles. The van der Waals surface area contributed by atoms with E-state index >= 15 is 0 Å². The normalized spacial score (nSPS) is 16.6. The largest absolute Gasteiger partial charge is 0.326 e. The summed E-state index contributed by atoms with van der Waals surface area (Å²) >= 11 is 3.63. The highest BCUT2D eigenvalue weighted by molar-refractivity contribution is 9.10. The highest BCUT2D eigenvalue weighted by atomic mass is 79.9. The van der Waals surface area contributed by atoms with Gasteiger partial charge in [0.25, 0.3) is 0 Å². The van der Waals surface area contributed by atoms with Gasteiger partial charge in [0.05, 0.1) is 5.69 Å². The molecule has 7 heteroatoms. The van der Waals surface area contributed by atoms with E-state index in [1.807, 2.05) is 19.1 Å². The second-order valence-corrected chi connectivity index (χ2v) is 9.33. The van der Waals surface area contributed by atoms with Crippen LogP contribution in [0.4, 0.5) is 5.69 Å². The van der Waals surface area contributed by atoms with E-state index in [0.717, 1.165) is 72.8 Å². The maximum atomic E-state index is 12.9. The fourth-order valence-electron chi connectivity index (χ4n) is 4.67. The zero-order valence-corrected chi connectivity index (χ0v) is 19.2. The number of halogens is 1. The topological polar surface area (TPSA) is 63.1 Å². The summed E-state index contributed by atoms with van der Waals surface area (Å²) < 4.78 is 3.27. The number of likely N-dealkylation sites (tertiary alicyclic amines) is 1. The van der Waals surface area contributed by atoms with Gasteiger partial charge in [-0.25, -0.2) is 0 Å². The van der Waals surface area contributed by atoms with E-state index in [4.69, 9.17) is 0 Å². The van der Waals surface area contributed by atoms with Crippen molar-refractivity contribution in [1.29, 1.82) is 0 Å². The molecule has 160 valence electrons. The van der Waals surface area contributed by atoms with Gasteiger partial charge in [0.15, 0.2) is 0 Å². The molecule has 1 saturated heterocycles. The van der Waals surface area contributed by atoms with Crippen LogP contribution in [0.3, 0.4) is 0 Å². The zero-order chi connectivity index (χ0) is 21.4. The molecule has 0 saturated carbocycles. The Labute approximate surface area is 190 Å². The van der Waals surface area contributed by atoms with Gasteiger partial charge in [-0.1, -0.05) is 34.1 Å². The molecule has 0 atom stereocenters. The summed E-state index contributed by atoms with van der Waals surface area (Å²) in [4.78, 5) is 15.3. The standard InChI is InChI=1S/C24H26BrN5O/c1-16-27-28-23-9-6-18-14-20(7-8-22(18)30(16)23)26-24(31)17-10-12-29(13-11-17)15-19-4-2-3-5-21(19)25/h2-5,7-8,14,17H,6,9-13,15H2,1H3,(H,26,31). The van der Waals surface area contributed by atoms with Crippen molar-refractivity contribution in [2.75, 3.05) is 18.4 Å². The number of fused-ring (bicyclic) bond motifs is 3. The first-order valence-electron chi connectivity index (χ1n) is 10.9. The molecular weight excluding hydrogens is 454 g/mol. The highest BCUT2D eigenvalue weighted by Crippen LogP contribution is 2.28. The number of hydrogen-bond acceptors (Lipinski definition) is 4. The molecule has 1 amide bonds. The number of carbonyl (C=O) groups is 1. The maximum Gasteiger partial charge on any atom is 0.227 e. The zero-order valence-electron chi connectivity index (χ0n) is 17.6. The van der Waals surface area contributed by atoms with Crippen molar-refractivity contribution in [3.05, 3.63) is 69.7 Å². The monoisotopic (exact) mass is 479 g/mol. The maximum absolute atomic E-state index is 12.9. The molecular formula is C24H26BrN5O. The van der Waals surface area contributed by atoms with Gasteiger partial charge < -0.3 is 5.32 Å². The Kier molecular flexibility index (Phi) is 5.63. The summed E-state index contributed by atoms with van der Waals surface area (Å²) in [7, 11) is 0. The Morgan fingerprint density at radius 3 is 2.74 bits per heavy atom. The van der Waals surface area contributed by atoms with Gasteiger partial charge in [0.2, 0.25) is 5.91 Å². The number of piperidine rings is 1. The van der Waals surface area contributed by atoms with E-state index in [2.05, 4.69) is 71.2 Å². The fraction of sp³-hybridized carbons (Fsp3) is 0.375. The molecule has 31 heavy (non-hydrogen) atoms. The first-order chi connectivity index (χ1) is 15.1. The molecule has 0 unspecified atom stereocenters. The van der Waals surface area contributed by atoms with E-state index in [1.165, 1.54) is 11.1 Å². The lowest BCUT2D eigenvalue weighted by molar-refractivity contribution is -0.121. The van der Waals surface area contributed by atoms with Crippen LogP contribution in [0.1, 0.15) is 35.6 Å². The van der Waals surface area contributed by atoms with Gasteiger partial charge in [0.1, 0.15) is 11.6 Å². The number of benzene rings is 2. The first-order valence-corrected chi connectivity index (χ1v) is 11.7. The van der Waals surface area contributed by atoms with Crippen LogP contribution < -0.4 is 5.32 Å². The summed E-state index contributed by atoms with van der Waals surface area (Å²) in [5, 5.41) is 11.6. The van der Waals surface area contributed by atoms with Crippen LogP contribution in [0, 0.1) is 12.8 Å². The minimum Gasteiger partial charge on any atom is -0.326 e. The first kappa shape index (κ1) is 20.4. The Morgan fingerprint density at radius 2 is 1.94 bits per heavy atom. The number of nitrogens with zero attached hydrogens (tertiary/aromatic N) is 4. The molecule has 2 aromatic carbocycles. The molecule has 3 aromatic rings. The van der Waals surface area contributed by atoms with E-state index in [0.29, 0.717) is 0 Å². The number of nitrogens with one attached hydrogen (secondary N) is 1. The predicted molar refractivity (Wildman–Crippen MR) is 124 cm³/mol. The third kappa shape index (κ3) is 4.16. The second-order valence-electron chi connectivity index (χ2n) is 8.47. The van der Waals surface area contributed by atoms with Crippen molar-refractivity contribution in [2.24, 2.45) is 5.92 Å². The fourth-order valence-corrected chi connectivity index (χ4v) is 5.08. The van der Waals surface area contributed by atoms with E-state index in [-0.39, 0.29) is 11.8 Å². The van der Waals surface area contributed by atoms with Crippen molar-refractivity contribution in [3.8, 4) is 5.69 Å². The van der Waals surface area contributed by atoms with Crippen LogP contribution in [0.25, 0.3) is 5.69 Å². The van der Waals surface area contributed by atoms with Crippen LogP contribution in [-0.4, -0.2) is 38.7 Å². The van der Waals surface area contributed by atoms with Crippen molar-refractivity contribution in [1.82, 2.24) is 19.7 Å². The highest BCUT2D eigenvalue weighted by Gasteiger charge is 2.26. The summed E-state index contributed by atoms with van der Waals surface area (Å²) in [5.41, 5.74) is 4.54. The van der Waals surface area contributed by atoms with Crippen molar-refractivity contribution in [2.45, 2.75) is 39.2 Å². The van der Waals surface area contributed by atoms with Crippen molar-refractivity contribution in [3.63, 3.8) is 0 Å². The smallest absolute Gasteiger partial charge is 0.227 e. The number of aromatic nitrogens is 3. The summed E-state index contributed by atoms with van der Waals surface area (Å²) in [6.45, 7) is 4.79. The minimum absolute atomic E-state index is 0.0678. The lowest BCUT2D eigenvalue weighted by Gasteiger charge is -2.31. The predicted octanol–water partition coefficient (Wildman–Crippen LogP) is 4.29. The average molecular weight is 480 g/mol. The minimum atomic E-state index is 0.0678. The third-order valence-electron chi connectivity index (χ3n) is 6.41. The number of carbonyl (C=O) groups excluding carboxylic acids is 1. The van der Waals surface area contributed by atoms with E-state index in [9.17, 15) is 4.79 Å². The van der Waals surface area contributed by atoms with Crippen molar-refractivity contribution < 1.29 is 4.79 Å². The van der Waals surface area contributed by atoms with Crippen molar-refractivity contribution >= 4 is 27.5 Å². The third-order valence-corrected chi connectivity index (χ3v) is 7.18. The van der Waals surface area contributed by atoms with Crippen LogP contribution in [0.15, 0.2) is 46.9 Å². The van der Waals surface area contributed by atoms with E-state index < -0.39 is 0 Å². The number of anilines is 1. The molecule has 1 aromatic heterocycles. The summed E-state index contributed by atoms with van der Waals surface area (Å²) in [6, 6.07) is 14.5. The molecule has 2 aliphatic rings. The SMILES string of the molecule is Cc1nnc2n1-c1ccc(NC(=O)C3CCN(Cc4ccccc4Br)CC3)cc1CC2. The number of hydrogen-bond donors (Lipinski definition) is 1. The van der Waals surface area contributed by atoms with Gasteiger partial charge in [-0.15, -0.1) is 10.2 Å². The molecule has 0 radical (unpaired) electrons. The molecule has 0 spiro atoms. The average Bonchev–Trinajstić information content (AvgIpc) is 3.17. The number of aryl methyl sites for hydroxylation is 3. The summed E-state index contributed by atoms with van der Waals surface area (Å²) in [5.74, 6) is 2.12. The number of rotatable bonds is 4. The van der Waals surface area contributed by atoms with Crippen LogP contribution in [0.5, 0.6) is 0 Å². The Bertz CT molecular complexity index is 1120. The Balaban J connectivity index is 1.20. The molecule has 5 rings (SSSR count). The molecule has 1 fully saturated rings. The Morgan fingerprint density at radius 1 is 1.13 bits per heavy atom. The van der Waals surface area contributed by atoms with Gasteiger partial charge in [0, 0.05) is 29.0 Å². The summed E-state index contributed by atoms with van der Waals surface area (Å²) in [6.07, 6.45) is 3.58. The Hall–Kier alpha value is -2.51. The van der Waals surface area contributed by atoms with Crippen LogP contribution >= 0.6 is 15.9 Å². The van der Waals surface area contributed by atoms with Gasteiger partial charge in [-0.3, -0.25) is 14.3 Å². The lowest BCUT2D eigenvalue weighted by Crippen LogP contribution is -2.37. The quantitative estimate of drug-likeness (QED) is 0.606. The van der Waals surface area contributed by atoms with Gasteiger partial charge in [-0.2, -0.15) is 0 Å². The van der Waals surface area contributed by atoms with Gasteiger partial charge >= 0.3 is 0 Å². The number of amides is 1. The van der Waals surface area contributed by atoms with Crippen LogP contribution in [-0.2, 0) is 24.2 Å². The van der Waals surface area contributed by atoms with Gasteiger partial charge in [-0.05, 0) is 74.7 Å². The molecule has 0 aliphatic carbocycles. The lowest BCUT2D eigenvalue weighted by atomic mass is 9.95. The molecule has 0 bridgehead atoms. The second kappa shape index (κ2) is 8.55. The van der Waals surface area contributed by atoms with Crippen LogP contribution in [0.2, 0.25) is 0 Å². The molecule has 1 N–H and O–H groups in total. The molecule has 2 aliphatic heterocycles. The molecule has 6 nitrogen and oxygen atoms in total.